The van der Waals surface area contributed by atoms with Crippen LogP contribution in [0, 0.1) is 0 Å². The van der Waals surface area contributed by atoms with Crippen LogP contribution in [0.4, 0.5) is 10.5 Å². The second-order valence-corrected chi connectivity index (χ2v) is 4.35. The van der Waals surface area contributed by atoms with E-state index in [-0.39, 0.29) is 0 Å². The molecule has 1 aromatic heterocycles. The Morgan fingerprint density at radius 2 is 2.29 bits per heavy atom. The van der Waals surface area contributed by atoms with Gasteiger partial charge in [0.2, 0.25) is 0 Å². The van der Waals surface area contributed by atoms with Crippen molar-refractivity contribution in [3.8, 4) is 0 Å². The lowest BCUT2D eigenvalue weighted by atomic mass is 9.96. The average Bonchev–Trinajstić information content (AvgIpc) is 2.79. The van der Waals surface area contributed by atoms with Crippen LogP contribution in [0.5, 0.6) is 0 Å². The first kappa shape index (κ1) is 12.0. The third-order valence-corrected chi connectivity index (χ3v) is 3.07. The highest BCUT2D eigenvalue weighted by Crippen LogP contribution is 2.28. The Morgan fingerprint density at radius 1 is 1.53 bits per heavy atom. The minimum atomic E-state index is -0.421. The minimum absolute atomic E-state index is 0.378. The van der Waals surface area contributed by atoms with Gasteiger partial charge in [0, 0.05) is 6.20 Å². The first-order chi connectivity index (χ1) is 8.29. The molecule has 1 aliphatic rings. The topological polar surface area (TPSA) is 56.1 Å². The van der Waals surface area contributed by atoms with E-state index in [1.807, 2.05) is 10.9 Å². The van der Waals surface area contributed by atoms with Crippen LogP contribution in [0.15, 0.2) is 12.4 Å². The zero-order chi connectivity index (χ0) is 12.1. The second-order valence-electron chi connectivity index (χ2n) is 4.35. The lowest BCUT2D eigenvalue weighted by Gasteiger charge is -2.21. The maximum Gasteiger partial charge on any atom is 0.411 e. The quantitative estimate of drug-likeness (QED) is 0.879. The Labute approximate surface area is 101 Å². The summed E-state index contributed by atoms with van der Waals surface area (Å²) in [5.41, 5.74) is 0.703. The van der Waals surface area contributed by atoms with E-state index in [1.165, 1.54) is 32.1 Å². The van der Waals surface area contributed by atoms with E-state index in [0.29, 0.717) is 18.3 Å². The Bertz CT molecular complexity index is 370. The molecule has 1 saturated carbocycles. The predicted molar refractivity (Wildman–Crippen MR) is 65.0 cm³/mol. The summed E-state index contributed by atoms with van der Waals surface area (Å²) in [5, 5.41) is 6.96. The minimum Gasteiger partial charge on any atom is -0.450 e. The van der Waals surface area contributed by atoms with Gasteiger partial charge in [-0.3, -0.25) is 10.00 Å². The summed E-state index contributed by atoms with van der Waals surface area (Å²) in [6, 6.07) is 0.487. The zero-order valence-electron chi connectivity index (χ0n) is 10.2. The zero-order valence-corrected chi connectivity index (χ0v) is 10.2. The molecular weight excluding hydrogens is 218 g/mol. The van der Waals surface area contributed by atoms with Crippen molar-refractivity contribution >= 4 is 11.8 Å². The first-order valence-corrected chi connectivity index (χ1v) is 6.27. The summed E-state index contributed by atoms with van der Waals surface area (Å²) in [6.07, 6.45) is 9.36. The van der Waals surface area contributed by atoms with E-state index in [9.17, 15) is 4.79 Å². The van der Waals surface area contributed by atoms with E-state index in [2.05, 4.69) is 10.4 Å². The third-order valence-electron chi connectivity index (χ3n) is 3.07. The van der Waals surface area contributed by atoms with Crippen LogP contribution in [-0.4, -0.2) is 22.5 Å². The van der Waals surface area contributed by atoms with Crippen LogP contribution in [0.3, 0.4) is 0 Å². The van der Waals surface area contributed by atoms with Gasteiger partial charge in [0.1, 0.15) is 0 Å². The Balaban J connectivity index is 1.93. The van der Waals surface area contributed by atoms with Gasteiger partial charge < -0.3 is 4.74 Å². The number of carbonyl (C=O) groups excluding carboxylic acids is 1. The van der Waals surface area contributed by atoms with Gasteiger partial charge in [-0.25, -0.2) is 4.79 Å². The molecule has 0 spiro atoms. The van der Waals surface area contributed by atoms with Crippen molar-refractivity contribution in [1.29, 1.82) is 0 Å². The number of hydrogen-bond acceptors (Lipinski definition) is 3. The summed E-state index contributed by atoms with van der Waals surface area (Å²) in [6.45, 7) is 2.16. The second kappa shape index (κ2) is 5.70. The smallest absolute Gasteiger partial charge is 0.411 e. The van der Waals surface area contributed by atoms with Crippen molar-refractivity contribution in [3.63, 3.8) is 0 Å². The fourth-order valence-corrected chi connectivity index (χ4v) is 2.23. The van der Waals surface area contributed by atoms with Crippen molar-refractivity contribution in [1.82, 2.24) is 9.78 Å². The molecule has 0 bridgehead atoms. The molecule has 1 fully saturated rings. The maximum atomic E-state index is 11.2. The summed E-state index contributed by atoms with van der Waals surface area (Å²) in [4.78, 5) is 11.2. The SMILES string of the molecule is CCOC(=O)Nc1cnn(C2CCCCC2)c1. The molecule has 5 heteroatoms. The molecule has 1 N–H and O–H groups in total. The van der Waals surface area contributed by atoms with Crippen molar-refractivity contribution in [2.75, 3.05) is 11.9 Å². The van der Waals surface area contributed by atoms with Gasteiger partial charge in [-0.1, -0.05) is 19.3 Å². The lowest BCUT2D eigenvalue weighted by Crippen LogP contribution is -2.14. The highest BCUT2D eigenvalue weighted by molar-refractivity contribution is 5.84. The van der Waals surface area contributed by atoms with Gasteiger partial charge in [0.25, 0.3) is 0 Å². The van der Waals surface area contributed by atoms with Crippen LogP contribution in [0.1, 0.15) is 45.1 Å². The lowest BCUT2D eigenvalue weighted by molar-refractivity contribution is 0.168. The molecule has 1 aliphatic carbocycles. The summed E-state index contributed by atoms with van der Waals surface area (Å²) < 4.78 is 6.77. The Hall–Kier alpha value is -1.52. The van der Waals surface area contributed by atoms with Gasteiger partial charge in [-0.05, 0) is 19.8 Å². The molecule has 0 aliphatic heterocycles. The van der Waals surface area contributed by atoms with E-state index < -0.39 is 6.09 Å². The van der Waals surface area contributed by atoms with Gasteiger partial charge >= 0.3 is 6.09 Å². The normalized spacial score (nSPS) is 16.8. The molecule has 17 heavy (non-hydrogen) atoms. The molecular formula is C12H19N3O2. The van der Waals surface area contributed by atoms with Crippen molar-refractivity contribution in [2.45, 2.75) is 45.1 Å². The van der Waals surface area contributed by atoms with Crippen LogP contribution >= 0.6 is 0 Å². The molecule has 0 unspecified atom stereocenters. The number of carbonyl (C=O) groups is 1. The maximum absolute atomic E-state index is 11.2. The highest BCUT2D eigenvalue weighted by Gasteiger charge is 2.16. The van der Waals surface area contributed by atoms with Crippen LogP contribution in [-0.2, 0) is 4.74 Å². The molecule has 0 atom stereocenters. The van der Waals surface area contributed by atoms with E-state index >= 15 is 0 Å². The highest BCUT2D eigenvalue weighted by atomic mass is 16.5. The van der Waals surface area contributed by atoms with Gasteiger partial charge in [0.15, 0.2) is 0 Å². The molecule has 0 saturated heterocycles. The van der Waals surface area contributed by atoms with Crippen molar-refractivity contribution in [3.05, 3.63) is 12.4 Å². The molecule has 1 heterocycles. The van der Waals surface area contributed by atoms with Crippen molar-refractivity contribution < 1.29 is 9.53 Å². The molecule has 5 nitrogen and oxygen atoms in total. The van der Waals surface area contributed by atoms with Crippen molar-refractivity contribution in [2.24, 2.45) is 0 Å². The number of aromatic nitrogens is 2. The number of nitrogens with zero attached hydrogens (tertiary/aromatic N) is 2. The van der Waals surface area contributed by atoms with E-state index in [1.54, 1.807) is 13.1 Å². The van der Waals surface area contributed by atoms with Gasteiger partial charge in [-0.15, -0.1) is 0 Å². The first-order valence-electron chi connectivity index (χ1n) is 6.27. The van der Waals surface area contributed by atoms with Gasteiger partial charge in [-0.2, -0.15) is 5.10 Å². The van der Waals surface area contributed by atoms with E-state index in [0.717, 1.165) is 0 Å². The standard InChI is InChI=1S/C12H19N3O2/c1-2-17-12(16)14-10-8-13-15(9-10)11-6-4-3-5-7-11/h8-9,11H,2-7H2,1H3,(H,14,16). The number of amides is 1. The fraction of sp³-hybridized carbons (Fsp3) is 0.667. The Kier molecular flexibility index (Phi) is 4.01. The predicted octanol–water partition coefficient (Wildman–Crippen LogP) is 2.96. The summed E-state index contributed by atoms with van der Waals surface area (Å²) >= 11 is 0. The Morgan fingerprint density at radius 3 is 3.00 bits per heavy atom. The molecule has 1 amide bonds. The molecule has 0 radical (unpaired) electrons. The van der Waals surface area contributed by atoms with Gasteiger partial charge in [0.05, 0.1) is 24.5 Å². The van der Waals surface area contributed by atoms with Crippen LogP contribution in [0.2, 0.25) is 0 Å². The average molecular weight is 237 g/mol. The van der Waals surface area contributed by atoms with E-state index in [4.69, 9.17) is 4.74 Å². The third kappa shape index (κ3) is 3.22. The number of nitrogens with one attached hydrogen (secondary N) is 1. The monoisotopic (exact) mass is 237 g/mol. The number of ether oxygens (including phenoxy) is 1. The summed E-state index contributed by atoms with van der Waals surface area (Å²) in [5.74, 6) is 0. The molecule has 94 valence electrons. The van der Waals surface area contributed by atoms with Crippen LogP contribution < -0.4 is 5.32 Å². The largest absolute Gasteiger partial charge is 0.450 e. The number of rotatable bonds is 3. The number of hydrogen-bond donors (Lipinski definition) is 1. The summed E-state index contributed by atoms with van der Waals surface area (Å²) in [7, 11) is 0. The number of anilines is 1. The molecule has 1 aromatic rings. The molecule has 2 rings (SSSR count). The fourth-order valence-electron chi connectivity index (χ4n) is 2.23. The molecule has 0 aromatic carbocycles. The van der Waals surface area contributed by atoms with Crippen LogP contribution in [0.25, 0.3) is 0 Å².